The molecule has 38 valence electrons. The van der Waals surface area contributed by atoms with Gasteiger partial charge in [0, 0.05) is 16.5 Å². The van der Waals surface area contributed by atoms with Gasteiger partial charge in [0.25, 0.3) is 0 Å². The summed E-state index contributed by atoms with van der Waals surface area (Å²) in [6.45, 7) is 3.09. The zero-order chi connectivity index (χ0) is 4.28. The van der Waals surface area contributed by atoms with Gasteiger partial charge in [-0.25, -0.2) is 0 Å². The van der Waals surface area contributed by atoms with E-state index in [1.807, 2.05) is 0 Å². The van der Waals surface area contributed by atoms with E-state index < -0.39 is 5.91 Å². The number of rotatable bonds is 1. The average Bonchev–Trinajstić information content (AvgIpc) is 1.38. The maximum Gasteiger partial charge on any atom is 0.240 e. The second-order valence-corrected chi connectivity index (χ2v) is 0.606. The number of carbonyl (C=O) groups excluding carboxylic acids is 1. The van der Waals surface area contributed by atoms with Gasteiger partial charge in [0.05, 0.1) is 0 Å². The normalized spacial score (nSPS) is 5.33. The molecular formula is C3H5NNiO. The molecule has 0 aromatic rings. The Hall–Kier alpha value is -0.296. The predicted molar refractivity (Wildman–Crippen MR) is 19.4 cm³/mol. The third-order valence-electron chi connectivity index (χ3n) is 0.201. The van der Waals surface area contributed by atoms with Crippen LogP contribution in [0.25, 0.3) is 0 Å². The Balaban J connectivity index is 0. The van der Waals surface area contributed by atoms with Gasteiger partial charge in [0.15, 0.2) is 0 Å². The first-order valence-corrected chi connectivity index (χ1v) is 1.19. The Labute approximate surface area is 46.3 Å². The summed E-state index contributed by atoms with van der Waals surface area (Å²) in [5.41, 5.74) is 4.53. The summed E-state index contributed by atoms with van der Waals surface area (Å²) in [6.07, 6.45) is 1.06. The first-order chi connectivity index (χ1) is 2.27. The van der Waals surface area contributed by atoms with E-state index in [9.17, 15) is 4.79 Å². The molecule has 2 N–H and O–H groups in total. The van der Waals surface area contributed by atoms with E-state index >= 15 is 0 Å². The minimum absolute atomic E-state index is 0. The van der Waals surface area contributed by atoms with E-state index in [2.05, 4.69) is 12.3 Å². The van der Waals surface area contributed by atoms with E-state index in [-0.39, 0.29) is 16.5 Å². The van der Waals surface area contributed by atoms with Gasteiger partial charge in [-0.05, 0) is 6.08 Å². The largest absolute Gasteiger partial charge is 0.366 e. The second kappa shape index (κ2) is 4.70. The van der Waals surface area contributed by atoms with Crippen LogP contribution >= 0.6 is 0 Å². The molecule has 0 bridgehead atoms. The quantitative estimate of drug-likeness (QED) is 0.382. The topological polar surface area (TPSA) is 43.1 Å². The van der Waals surface area contributed by atoms with Crippen molar-refractivity contribution >= 4 is 5.91 Å². The third kappa shape index (κ3) is 9.33. The van der Waals surface area contributed by atoms with Gasteiger partial charge in [0.1, 0.15) is 0 Å². The van der Waals surface area contributed by atoms with E-state index in [0.29, 0.717) is 0 Å². The van der Waals surface area contributed by atoms with Gasteiger partial charge in [0.2, 0.25) is 5.91 Å². The Morgan fingerprint density at radius 3 is 2.00 bits per heavy atom. The summed E-state index contributed by atoms with van der Waals surface area (Å²) in [6, 6.07) is 0. The monoisotopic (exact) mass is 129 g/mol. The molecule has 0 radical (unpaired) electrons. The molecule has 0 aromatic carbocycles. The fourth-order valence-corrected chi connectivity index (χ4v) is 0. The summed E-state index contributed by atoms with van der Waals surface area (Å²) in [5, 5.41) is 0. The number of primary amides is 1. The molecule has 0 aliphatic carbocycles. The zero-order valence-corrected chi connectivity index (χ0v) is 4.07. The Morgan fingerprint density at radius 1 is 1.83 bits per heavy atom. The maximum absolute atomic E-state index is 9.47. The van der Waals surface area contributed by atoms with Gasteiger partial charge in [-0.1, -0.05) is 6.58 Å². The van der Waals surface area contributed by atoms with Crippen molar-refractivity contribution in [2.75, 3.05) is 0 Å². The number of carbonyl (C=O) groups is 1. The van der Waals surface area contributed by atoms with Gasteiger partial charge >= 0.3 is 0 Å². The molecule has 2 nitrogen and oxygen atoms in total. The van der Waals surface area contributed by atoms with Crippen LogP contribution in [0, 0.1) is 0 Å². The molecule has 0 atom stereocenters. The minimum atomic E-state index is -0.481. The molecule has 0 spiro atoms. The number of amides is 1. The number of nitrogens with two attached hydrogens (primary N) is 1. The van der Waals surface area contributed by atoms with Crippen LogP contribution < -0.4 is 5.73 Å². The SMILES string of the molecule is C=CC(N)=O.[Ni]. The minimum Gasteiger partial charge on any atom is -0.366 e. The molecule has 0 unspecified atom stereocenters. The van der Waals surface area contributed by atoms with E-state index in [0.717, 1.165) is 6.08 Å². The molecule has 1 amide bonds. The Morgan fingerprint density at radius 2 is 2.00 bits per heavy atom. The van der Waals surface area contributed by atoms with Crippen molar-refractivity contribution in [3.05, 3.63) is 12.7 Å². The van der Waals surface area contributed by atoms with Crippen molar-refractivity contribution in [3.63, 3.8) is 0 Å². The van der Waals surface area contributed by atoms with Crippen molar-refractivity contribution in [3.8, 4) is 0 Å². The number of hydrogen-bond donors (Lipinski definition) is 1. The predicted octanol–water partition coefficient (Wildman–Crippen LogP) is -0.345. The molecule has 0 rings (SSSR count). The molecule has 6 heavy (non-hydrogen) atoms. The fourth-order valence-electron chi connectivity index (χ4n) is 0. The smallest absolute Gasteiger partial charge is 0.240 e. The van der Waals surface area contributed by atoms with Gasteiger partial charge < -0.3 is 5.73 Å². The van der Waals surface area contributed by atoms with Crippen LogP contribution in [-0.4, -0.2) is 5.91 Å². The fraction of sp³-hybridized carbons (Fsp3) is 0. The van der Waals surface area contributed by atoms with Crippen molar-refractivity contribution < 1.29 is 21.3 Å². The van der Waals surface area contributed by atoms with E-state index in [4.69, 9.17) is 0 Å². The second-order valence-electron chi connectivity index (χ2n) is 0.606. The first kappa shape index (κ1) is 9.20. The average molecular weight is 130 g/mol. The van der Waals surface area contributed by atoms with Crippen molar-refractivity contribution in [2.24, 2.45) is 5.73 Å². The van der Waals surface area contributed by atoms with E-state index in [1.54, 1.807) is 0 Å². The Kier molecular flexibility index (Phi) is 7.21. The molecule has 0 saturated heterocycles. The number of hydrogen-bond acceptors (Lipinski definition) is 1. The molecule has 0 fully saturated rings. The van der Waals surface area contributed by atoms with Crippen LogP contribution in [-0.2, 0) is 21.3 Å². The molecule has 0 aliphatic rings. The summed E-state index contributed by atoms with van der Waals surface area (Å²) in [7, 11) is 0. The molecule has 3 heteroatoms. The van der Waals surface area contributed by atoms with Crippen LogP contribution in [0.1, 0.15) is 0 Å². The maximum atomic E-state index is 9.47. The van der Waals surface area contributed by atoms with Gasteiger partial charge in [-0.3, -0.25) is 4.79 Å². The first-order valence-electron chi connectivity index (χ1n) is 1.19. The molecule has 0 saturated carbocycles. The molecule has 0 aromatic heterocycles. The Bertz CT molecular complexity index is 61.8. The van der Waals surface area contributed by atoms with Crippen molar-refractivity contribution in [1.82, 2.24) is 0 Å². The molecule has 0 heterocycles. The summed E-state index contributed by atoms with van der Waals surface area (Å²) in [4.78, 5) is 9.47. The van der Waals surface area contributed by atoms with Crippen LogP contribution in [0.15, 0.2) is 12.7 Å². The van der Waals surface area contributed by atoms with Crippen LogP contribution in [0.4, 0.5) is 0 Å². The standard InChI is InChI=1S/C3H5NO.Ni/c1-2-3(4)5;/h2H,1H2,(H2,4,5);. The summed E-state index contributed by atoms with van der Waals surface area (Å²) < 4.78 is 0. The van der Waals surface area contributed by atoms with Crippen molar-refractivity contribution in [2.45, 2.75) is 0 Å². The molecular weight excluding hydrogens is 125 g/mol. The third-order valence-corrected chi connectivity index (χ3v) is 0.201. The zero-order valence-electron chi connectivity index (χ0n) is 3.09. The van der Waals surface area contributed by atoms with Crippen LogP contribution in [0.5, 0.6) is 0 Å². The molecule has 0 aliphatic heterocycles. The van der Waals surface area contributed by atoms with Crippen molar-refractivity contribution in [1.29, 1.82) is 0 Å². The van der Waals surface area contributed by atoms with Gasteiger partial charge in [-0.15, -0.1) is 0 Å². The van der Waals surface area contributed by atoms with Crippen LogP contribution in [0.2, 0.25) is 0 Å². The summed E-state index contributed by atoms with van der Waals surface area (Å²) >= 11 is 0. The van der Waals surface area contributed by atoms with Gasteiger partial charge in [-0.2, -0.15) is 0 Å². The van der Waals surface area contributed by atoms with E-state index in [1.165, 1.54) is 0 Å². The van der Waals surface area contributed by atoms with Crippen LogP contribution in [0.3, 0.4) is 0 Å². The summed E-state index contributed by atoms with van der Waals surface area (Å²) in [5.74, 6) is -0.481.